The van der Waals surface area contributed by atoms with Crippen molar-refractivity contribution in [3.63, 3.8) is 0 Å². The molecule has 0 amide bonds. The van der Waals surface area contributed by atoms with Gasteiger partial charge in [-0.15, -0.1) is 0 Å². The van der Waals surface area contributed by atoms with E-state index in [1.165, 1.54) is 0 Å². The molecule has 21 heavy (non-hydrogen) atoms. The van der Waals surface area contributed by atoms with Crippen molar-refractivity contribution in [2.24, 2.45) is 10.7 Å². The summed E-state index contributed by atoms with van der Waals surface area (Å²) in [5.74, 6) is 0.359. The van der Waals surface area contributed by atoms with Crippen molar-refractivity contribution in [3.8, 4) is 0 Å². The molecule has 0 spiro atoms. The Balaban J connectivity index is 2.40. The summed E-state index contributed by atoms with van der Waals surface area (Å²) in [4.78, 5) is 4.45. The molecule has 1 unspecified atom stereocenters. The van der Waals surface area contributed by atoms with Crippen LogP contribution >= 0.6 is 0 Å². The first-order valence-corrected chi connectivity index (χ1v) is 8.44. The van der Waals surface area contributed by atoms with Gasteiger partial charge in [0.15, 0.2) is 15.8 Å². The topological polar surface area (TPSA) is 93.8 Å². The van der Waals surface area contributed by atoms with Crippen LogP contribution in [-0.4, -0.2) is 46.4 Å². The van der Waals surface area contributed by atoms with Crippen LogP contribution in [0.5, 0.6) is 0 Å². The highest BCUT2D eigenvalue weighted by Crippen LogP contribution is 2.10. The van der Waals surface area contributed by atoms with E-state index in [0.29, 0.717) is 30.4 Å². The lowest BCUT2D eigenvalue weighted by Crippen LogP contribution is -2.40. The van der Waals surface area contributed by atoms with Gasteiger partial charge in [-0.1, -0.05) is 18.2 Å². The van der Waals surface area contributed by atoms with E-state index in [-0.39, 0.29) is 11.8 Å². The van der Waals surface area contributed by atoms with Crippen LogP contribution in [0.2, 0.25) is 0 Å². The van der Waals surface area contributed by atoms with Gasteiger partial charge in [-0.25, -0.2) is 8.42 Å². The molecular formula is C14H23N3O3S. The van der Waals surface area contributed by atoms with Crippen molar-refractivity contribution < 1.29 is 13.2 Å². The number of hydrogen-bond donors (Lipinski definition) is 2. The zero-order valence-electron chi connectivity index (χ0n) is 12.5. The predicted octanol–water partition coefficient (Wildman–Crippen LogP) is 0.790. The van der Waals surface area contributed by atoms with Gasteiger partial charge in [0.1, 0.15) is 0 Å². The molecule has 0 bridgehead atoms. The van der Waals surface area contributed by atoms with E-state index in [1.54, 1.807) is 37.4 Å². The van der Waals surface area contributed by atoms with Gasteiger partial charge in [0.25, 0.3) is 0 Å². The average molecular weight is 313 g/mol. The lowest BCUT2D eigenvalue weighted by atomic mass is 10.4. The van der Waals surface area contributed by atoms with Crippen LogP contribution in [0, 0.1) is 0 Å². The summed E-state index contributed by atoms with van der Waals surface area (Å²) < 4.78 is 29.0. The Bertz CT molecular complexity index is 544. The minimum Gasteiger partial charge on any atom is -0.383 e. The monoisotopic (exact) mass is 313 g/mol. The molecule has 118 valence electrons. The highest BCUT2D eigenvalue weighted by Gasteiger charge is 2.12. The van der Waals surface area contributed by atoms with Gasteiger partial charge in [0.05, 0.1) is 17.3 Å². The number of aliphatic imine (C=N–C) groups is 1. The summed E-state index contributed by atoms with van der Waals surface area (Å²) in [6.45, 7) is 2.81. The fourth-order valence-electron chi connectivity index (χ4n) is 1.79. The second-order valence-corrected chi connectivity index (χ2v) is 6.86. The van der Waals surface area contributed by atoms with Crippen LogP contribution < -0.4 is 11.1 Å². The van der Waals surface area contributed by atoms with E-state index in [0.717, 1.165) is 0 Å². The van der Waals surface area contributed by atoms with Gasteiger partial charge in [0.2, 0.25) is 0 Å². The van der Waals surface area contributed by atoms with E-state index in [4.69, 9.17) is 10.5 Å². The van der Waals surface area contributed by atoms with Gasteiger partial charge >= 0.3 is 0 Å². The molecule has 7 heteroatoms. The summed E-state index contributed by atoms with van der Waals surface area (Å²) in [5.41, 5.74) is 5.70. The summed E-state index contributed by atoms with van der Waals surface area (Å²) in [7, 11) is -1.63. The molecular weight excluding hydrogens is 290 g/mol. The smallest absolute Gasteiger partial charge is 0.188 e. The van der Waals surface area contributed by atoms with Gasteiger partial charge in [-0.2, -0.15) is 0 Å². The van der Waals surface area contributed by atoms with E-state index in [9.17, 15) is 8.42 Å². The summed E-state index contributed by atoms with van der Waals surface area (Å²) in [5, 5.41) is 2.96. The number of nitrogens with zero attached hydrogens (tertiary/aromatic N) is 1. The number of ether oxygens (including phenoxy) is 1. The third-order valence-electron chi connectivity index (χ3n) is 2.77. The first-order chi connectivity index (χ1) is 9.95. The third kappa shape index (κ3) is 6.59. The quantitative estimate of drug-likeness (QED) is 0.420. The van der Waals surface area contributed by atoms with Gasteiger partial charge < -0.3 is 15.8 Å². The zero-order valence-corrected chi connectivity index (χ0v) is 13.3. The molecule has 1 aromatic rings. The SMILES string of the molecule is COCC(C)NC(N)=NCCCS(=O)(=O)c1ccccc1. The Hall–Kier alpha value is -1.60. The van der Waals surface area contributed by atoms with Crippen LogP contribution in [0.4, 0.5) is 0 Å². The van der Waals surface area contributed by atoms with Crippen molar-refractivity contribution in [1.29, 1.82) is 0 Å². The van der Waals surface area contributed by atoms with Crippen LogP contribution in [-0.2, 0) is 14.6 Å². The van der Waals surface area contributed by atoms with E-state index >= 15 is 0 Å². The van der Waals surface area contributed by atoms with Crippen molar-refractivity contribution in [2.45, 2.75) is 24.3 Å². The van der Waals surface area contributed by atoms with Crippen LogP contribution in [0.1, 0.15) is 13.3 Å². The van der Waals surface area contributed by atoms with Gasteiger partial charge in [-0.05, 0) is 25.5 Å². The molecule has 0 heterocycles. The van der Waals surface area contributed by atoms with Crippen molar-refractivity contribution >= 4 is 15.8 Å². The molecule has 0 fully saturated rings. The number of sulfone groups is 1. The number of guanidine groups is 1. The molecule has 0 saturated carbocycles. The maximum Gasteiger partial charge on any atom is 0.188 e. The minimum atomic E-state index is -3.24. The second-order valence-electron chi connectivity index (χ2n) is 4.75. The maximum absolute atomic E-state index is 12.0. The van der Waals surface area contributed by atoms with Crippen molar-refractivity contribution in [1.82, 2.24) is 5.32 Å². The standard InChI is InChI=1S/C14H23N3O3S/c1-12(11-20-2)17-14(15)16-9-6-10-21(18,19)13-7-4-3-5-8-13/h3-5,7-8,12H,6,9-11H2,1-2H3,(H3,15,16,17). The lowest BCUT2D eigenvalue weighted by Gasteiger charge is -2.13. The maximum atomic E-state index is 12.0. The first kappa shape index (κ1) is 17.5. The Labute approximate surface area is 126 Å². The van der Waals surface area contributed by atoms with Crippen LogP contribution in [0.3, 0.4) is 0 Å². The Morgan fingerprint density at radius 2 is 2.05 bits per heavy atom. The van der Waals surface area contributed by atoms with Crippen LogP contribution in [0.15, 0.2) is 40.2 Å². The minimum absolute atomic E-state index is 0.0570. The lowest BCUT2D eigenvalue weighted by molar-refractivity contribution is 0.179. The molecule has 0 aliphatic carbocycles. The fourth-order valence-corrected chi connectivity index (χ4v) is 3.11. The summed E-state index contributed by atoms with van der Waals surface area (Å²) in [6, 6.07) is 8.47. The first-order valence-electron chi connectivity index (χ1n) is 6.79. The molecule has 6 nitrogen and oxygen atoms in total. The number of nitrogens with two attached hydrogens (primary N) is 1. The molecule has 0 aromatic heterocycles. The molecule has 0 aliphatic heterocycles. The molecule has 1 aromatic carbocycles. The molecule has 3 N–H and O–H groups in total. The van der Waals surface area contributed by atoms with Crippen molar-refractivity contribution in [2.75, 3.05) is 26.0 Å². The predicted molar refractivity (Wildman–Crippen MR) is 84.1 cm³/mol. The van der Waals surface area contributed by atoms with E-state index in [1.807, 2.05) is 6.92 Å². The highest BCUT2D eigenvalue weighted by molar-refractivity contribution is 7.91. The molecule has 0 saturated heterocycles. The van der Waals surface area contributed by atoms with Crippen molar-refractivity contribution in [3.05, 3.63) is 30.3 Å². The molecule has 0 aliphatic rings. The van der Waals surface area contributed by atoms with E-state index < -0.39 is 9.84 Å². The van der Waals surface area contributed by atoms with Gasteiger partial charge in [0, 0.05) is 19.7 Å². The Morgan fingerprint density at radius 1 is 1.38 bits per heavy atom. The fraction of sp³-hybridized carbons (Fsp3) is 0.500. The number of rotatable bonds is 8. The third-order valence-corrected chi connectivity index (χ3v) is 4.58. The number of methoxy groups -OCH3 is 1. The number of benzene rings is 1. The molecule has 0 radical (unpaired) electrons. The van der Waals surface area contributed by atoms with E-state index in [2.05, 4.69) is 10.3 Å². The second kappa shape index (κ2) is 8.63. The summed E-state index contributed by atoms with van der Waals surface area (Å²) >= 11 is 0. The summed E-state index contributed by atoms with van der Waals surface area (Å²) in [6.07, 6.45) is 0.429. The Morgan fingerprint density at radius 3 is 2.67 bits per heavy atom. The molecule has 1 atom stereocenters. The zero-order chi connectivity index (χ0) is 15.7. The number of nitrogens with one attached hydrogen (secondary N) is 1. The number of hydrogen-bond acceptors (Lipinski definition) is 4. The Kier molecular flexibility index (Phi) is 7.18. The molecule has 1 rings (SSSR count). The normalized spacial score (nSPS) is 13.9. The largest absolute Gasteiger partial charge is 0.383 e. The highest BCUT2D eigenvalue weighted by atomic mass is 32.2. The van der Waals surface area contributed by atoms with Gasteiger partial charge in [-0.3, -0.25) is 4.99 Å². The average Bonchev–Trinajstić information content (AvgIpc) is 2.45. The van der Waals surface area contributed by atoms with Crippen LogP contribution in [0.25, 0.3) is 0 Å².